The van der Waals surface area contributed by atoms with Crippen LogP contribution >= 0.6 is 0 Å². The number of aromatic nitrogens is 2. The molecule has 0 aliphatic heterocycles. The maximum absolute atomic E-state index is 10.8. The molecule has 1 heterocycles. The van der Waals surface area contributed by atoms with Gasteiger partial charge in [-0.15, -0.1) is 0 Å². The normalized spacial score (nSPS) is 10.5. The summed E-state index contributed by atoms with van der Waals surface area (Å²) in [4.78, 5) is 20.6. The van der Waals surface area contributed by atoms with Crippen molar-refractivity contribution in [2.45, 2.75) is 19.9 Å². The van der Waals surface area contributed by atoms with Crippen LogP contribution in [0, 0.1) is 10.1 Å². The van der Waals surface area contributed by atoms with E-state index in [0.29, 0.717) is 0 Å². The van der Waals surface area contributed by atoms with Gasteiger partial charge in [0.1, 0.15) is 0 Å². The summed E-state index contributed by atoms with van der Waals surface area (Å²) in [7, 11) is 0. The first-order valence-electron chi connectivity index (χ1n) is 3.96. The lowest BCUT2D eigenvalue weighted by atomic mass is 10.3. The van der Waals surface area contributed by atoms with Crippen molar-refractivity contribution in [3.63, 3.8) is 0 Å². The van der Waals surface area contributed by atoms with Crippen LogP contribution in [0.15, 0.2) is 6.20 Å². The summed E-state index contributed by atoms with van der Waals surface area (Å²) >= 11 is 0. The molecule has 1 rings (SSSR count). The molecule has 0 aliphatic rings. The van der Waals surface area contributed by atoms with Gasteiger partial charge in [-0.2, -0.15) is 4.68 Å². The molecule has 0 aromatic carbocycles. The predicted molar refractivity (Wildman–Crippen MR) is 47.8 cm³/mol. The smallest absolute Gasteiger partial charge is 0.365 e. The van der Waals surface area contributed by atoms with Crippen molar-refractivity contribution in [2.24, 2.45) is 5.73 Å². The fraction of sp³-hybridized carbons (Fsp3) is 0.429. The second-order valence-corrected chi connectivity index (χ2v) is 3.06. The maximum Gasteiger partial charge on any atom is 0.402 e. The van der Waals surface area contributed by atoms with Gasteiger partial charge in [-0.05, 0) is 18.8 Å². The van der Waals surface area contributed by atoms with Crippen LogP contribution in [0.25, 0.3) is 0 Å². The monoisotopic (exact) mass is 198 g/mol. The predicted octanol–water partition coefficient (Wildman–Crippen LogP) is 0.471. The highest BCUT2D eigenvalue weighted by Crippen LogP contribution is 2.17. The summed E-state index contributed by atoms with van der Waals surface area (Å²) < 4.78 is 1.33. The van der Waals surface area contributed by atoms with E-state index in [1.165, 1.54) is 10.9 Å². The Morgan fingerprint density at radius 2 is 2.29 bits per heavy atom. The van der Waals surface area contributed by atoms with E-state index in [4.69, 9.17) is 5.73 Å². The number of amides is 1. The van der Waals surface area contributed by atoms with E-state index < -0.39 is 16.6 Å². The third-order valence-corrected chi connectivity index (χ3v) is 1.68. The van der Waals surface area contributed by atoms with Crippen LogP contribution < -0.4 is 5.73 Å². The van der Waals surface area contributed by atoms with Crippen LogP contribution in [0.1, 0.15) is 30.2 Å². The molecule has 7 heteroatoms. The van der Waals surface area contributed by atoms with E-state index in [1.807, 2.05) is 0 Å². The zero-order valence-corrected chi connectivity index (χ0v) is 7.80. The molecule has 1 aromatic rings. The van der Waals surface area contributed by atoms with Gasteiger partial charge in [0, 0.05) is 0 Å². The van der Waals surface area contributed by atoms with Crippen LogP contribution in [-0.2, 0) is 0 Å². The summed E-state index contributed by atoms with van der Waals surface area (Å²) in [5, 5.41) is 14.1. The van der Waals surface area contributed by atoms with Crippen molar-refractivity contribution in [1.29, 1.82) is 0 Å². The van der Waals surface area contributed by atoms with Crippen LogP contribution in [0.5, 0.6) is 0 Å². The Morgan fingerprint density at radius 1 is 1.71 bits per heavy atom. The lowest BCUT2D eigenvalue weighted by molar-refractivity contribution is -0.390. The summed E-state index contributed by atoms with van der Waals surface area (Å²) in [6.45, 7) is 3.59. The average molecular weight is 198 g/mol. The quantitative estimate of drug-likeness (QED) is 0.563. The van der Waals surface area contributed by atoms with Gasteiger partial charge in [-0.1, -0.05) is 0 Å². The standard InChI is InChI=1S/C7H10N4O3/c1-4(2)10-3-5(6(8)12)7(9-10)11(13)14/h3-4H,1-2H3,(H2,8,12). The largest absolute Gasteiger partial charge is 0.402 e. The zero-order valence-electron chi connectivity index (χ0n) is 7.80. The van der Waals surface area contributed by atoms with Crippen molar-refractivity contribution in [3.8, 4) is 0 Å². The molecular formula is C7H10N4O3. The fourth-order valence-corrected chi connectivity index (χ4v) is 0.955. The van der Waals surface area contributed by atoms with Gasteiger partial charge in [0.05, 0.1) is 17.3 Å². The van der Waals surface area contributed by atoms with Gasteiger partial charge in [-0.3, -0.25) is 4.79 Å². The first-order valence-corrected chi connectivity index (χ1v) is 3.96. The van der Waals surface area contributed by atoms with Gasteiger partial charge >= 0.3 is 5.82 Å². The molecule has 0 bridgehead atoms. The number of carbonyl (C=O) groups is 1. The lowest BCUT2D eigenvalue weighted by Gasteiger charge is -1.96. The van der Waals surface area contributed by atoms with Crippen molar-refractivity contribution < 1.29 is 9.72 Å². The van der Waals surface area contributed by atoms with Crippen LogP contribution in [0.3, 0.4) is 0 Å². The molecule has 2 N–H and O–H groups in total. The van der Waals surface area contributed by atoms with Crippen molar-refractivity contribution in [2.75, 3.05) is 0 Å². The molecule has 14 heavy (non-hydrogen) atoms. The van der Waals surface area contributed by atoms with E-state index in [0.717, 1.165) is 0 Å². The number of nitrogens with zero attached hydrogens (tertiary/aromatic N) is 3. The second-order valence-electron chi connectivity index (χ2n) is 3.06. The Morgan fingerprint density at radius 3 is 2.57 bits per heavy atom. The first kappa shape index (κ1) is 10.2. The molecular weight excluding hydrogens is 188 g/mol. The van der Waals surface area contributed by atoms with Crippen molar-refractivity contribution in [3.05, 3.63) is 21.9 Å². The summed E-state index contributed by atoms with van der Waals surface area (Å²) in [6, 6.07) is -0.0539. The lowest BCUT2D eigenvalue weighted by Crippen LogP contribution is -2.11. The molecule has 0 radical (unpaired) electrons. The van der Waals surface area contributed by atoms with E-state index in [-0.39, 0.29) is 11.6 Å². The first-order chi connectivity index (χ1) is 6.43. The van der Waals surface area contributed by atoms with E-state index in [1.54, 1.807) is 13.8 Å². The highest BCUT2D eigenvalue weighted by atomic mass is 16.6. The number of hydrogen-bond donors (Lipinski definition) is 1. The summed E-state index contributed by atoms with van der Waals surface area (Å²) in [5.41, 5.74) is 4.81. The number of nitro groups is 1. The highest BCUT2D eigenvalue weighted by molar-refractivity contribution is 5.95. The number of nitrogens with two attached hydrogens (primary N) is 1. The number of hydrogen-bond acceptors (Lipinski definition) is 4. The Balaban J connectivity index is 3.26. The van der Waals surface area contributed by atoms with Crippen molar-refractivity contribution >= 4 is 11.7 Å². The third kappa shape index (κ3) is 1.70. The Kier molecular flexibility index (Phi) is 2.50. The van der Waals surface area contributed by atoms with E-state index in [9.17, 15) is 14.9 Å². The topological polar surface area (TPSA) is 104 Å². The van der Waals surface area contributed by atoms with Gasteiger partial charge < -0.3 is 15.8 Å². The molecule has 7 nitrogen and oxygen atoms in total. The van der Waals surface area contributed by atoms with Gasteiger partial charge in [0.25, 0.3) is 5.91 Å². The van der Waals surface area contributed by atoms with Crippen LogP contribution in [0.2, 0.25) is 0 Å². The summed E-state index contributed by atoms with van der Waals surface area (Å²) in [6.07, 6.45) is 1.28. The maximum atomic E-state index is 10.8. The van der Waals surface area contributed by atoms with Crippen molar-refractivity contribution in [1.82, 2.24) is 9.78 Å². The number of rotatable bonds is 3. The molecule has 0 unspecified atom stereocenters. The summed E-state index contributed by atoms with van der Waals surface area (Å²) in [5.74, 6) is -1.34. The molecule has 1 amide bonds. The van der Waals surface area contributed by atoms with E-state index >= 15 is 0 Å². The van der Waals surface area contributed by atoms with Gasteiger partial charge in [0.15, 0.2) is 5.56 Å². The Bertz CT molecular complexity index is 351. The molecule has 0 saturated heterocycles. The fourth-order valence-electron chi connectivity index (χ4n) is 0.955. The zero-order chi connectivity index (χ0) is 10.9. The minimum atomic E-state index is -0.844. The molecule has 76 valence electrons. The highest BCUT2D eigenvalue weighted by Gasteiger charge is 2.25. The third-order valence-electron chi connectivity index (χ3n) is 1.68. The van der Waals surface area contributed by atoms with Gasteiger partial charge in [0.2, 0.25) is 0 Å². The second kappa shape index (κ2) is 3.44. The minimum absolute atomic E-state index is 0.0539. The minimum Gasteiger partial charge on any atom is -0.365 e. The molecule has 1 aromatic heterocycles. The molecule has 0 fully saturated rings. The van der Waals surface area contributed by atoms with E-state index in [2.05, 4.69) is 5.10 Å². The number of carbonyl (C=O) groups excluding carboxylic acids is 1. The molecule has 0 saturated carbocycles. The molecule has 0 aliphatic carbocycles. The Labute approximate surface area is 79.7 Å². The molecule has 0 atom stereocenters. The number of primary amides is 1. The Hall–Kier alpha value is -1.92. The SMILES string of the molecule is CC(C)n1cc(C(N)=O)c([N+](=O)[O-])n1. The average Bonchev–Trinajstić information content (AvgIpc) is 2.47. The van der Waals surface area contributed by atoms with Crippen LogP contribution in [0.4, 0.5) is 5.82 Å². The molecule has 0 spiro atoms. The van der Waals surface area contributed by atoms with Gasteiger partial charge in [-0.25, -0.2) is 0 Å². The van der Waals surface area contributed by atoms with Crippen LogP contribution in [-0.4, -0.2) is 20.6 Å².